The third kappa shape index (κ3) is 9.18. The van der Waals surface area contributed by atoms with Gasteiger partial charge in [0, 0.05) is 35.0 Å². The van der Waals surface area contributed by atoms with Crippen LogP contribution in [-0.4, -0.2) is 29.9 Å². The molecule has 0 bridgehead atoms. The maximum Gasteiger partial charge on any atom is 0.247 e. The second kappa shape index (κ2) is 15.6. The number of rotatable bonds is 7. The Morgan fingerprint density at radius 3 is 1.79 bits per heavy atom. The smallest absolute Gasteiger partial charge is 0.247 e. The van der Waals surface area contributed by atoms with Crippen LogP contribution in [0.3, 0.4) is 0 Å². The van der Waals surface area contributed by atoms with Gasteiger partial charge in [-0.2, -0.15) is 5.10 Å². The minimum Gasteiger partial charge on any atom is -0.420 e. The molecule has 6 aromatic rings. The second-order valence-electron chi connectivity index (χ2n) is 14.3. The average Bonchev–Trinajstić information content (AvgIpc) is 3.79. The molecule has 7 heteroatoms. The van der Waals surface area contributed by atoms with E-state index >= 15 is 0 Å². The minimum atomic E-state index is 0.236. The molecule has 0 aliphatic rings. The van der Waals surface area contributed by atoms with E-state index in [1.165, 1.54) is 22.1 Å². The fraction of sp³-hybridized carbons (Fsp3) is 0.450. The van der Waals surface area contributed by atoms with Gasteiger partial charge in [-0.1, -0.05) is 99.6 Å². The van der Waals surface area contributed by atoms with Crippen molar-refractivity contribution in [1.82, 2.24) is 29.9 Å². The third-order valence-electron chi connectivity index (χ3n) is 8.21. The molecule has 3 heterocycles. The monoisotopic (exact) mass is 634 g/mol. The van der Waals surface area contributed by atoms with Gasteiger partial charge < -0.3 is 9.40 Å². The minimum absolute atomic E-state index is 0.236. The molecule has 0 saturated heterocycles. The van der Waals surface area contributed by atoms with Crippen LogP contribution in [0.1, 0.15) is 147 Å². The summed E-state index contributed by atoms with van der Waals surface area (Å²) < 4.78 is 7.70. The molecule has 7 nitrogen and oxygen atoms in total. The first-order valence-electron chi connectivity index (χ1n) is 17.2. The van der Waals surface area contributed by atoms with Crippen LogP contribution in [0.25, 0.3) is 33.4 Å². The molecular formula is C40H54N6O. The summed E-state index contributed by atoms with van der Waals surface area (Å²) in [5.41, 5.74) is 8.23. The molecule has 0 atom stereocenters. The SMILES string of the molecule is CC(C)c1ccc2nn(C(C)C)cc2c1.CC(C)c1cccc(C(C)C)c1.CC(C)c1nc2ccc(-c3nnc(C(C)C)o3)cc2[nH]1. The number of benzene rings is 3. The Morgan fingerprint density at radius 1 is 0.617 bits per heavy atom. The highest BCUT2D eigenvalue weighted by molar-refractivity contribution is 5.80. The zero-order valence-electron chi connectivity index (χ0n) is 30.5. The van der Waals surface area contributed by atoms with E-state index in [-0.39, 0.29) is 5.92 Å². The third-order valence-corrected chi connectivity index (χ3v) is 8.21. The number of nitrogens with one attached hydrogen (secondary N) is 1. The summed E-state index contributed by atoms with van der Waals surface area (Å²) in [7, 11) is 0. The first-order valence-corrected chi connectivity index (χ1v) is 17.2. The molecular weight excluding hydrogens is 580 g/mol. The van der Waals surface area contributed by atoms with Gasteiger partial charge in [0.2, 0.25) is 11.8 Å². The predicted octanol–water partition coefficient (Wildman–Crippen LogP) is 11.5. The maximum absolute atomic E-state index is 5.68. The standard InChI is InChI=1S/C15H18N4O.C13H18N2.C12H18/c1-8(2)13-16-11-6-5-10(7-12(11)17-13)15-19-18-14(20-15)9(3)4;1-9(2)11-5-6-13-12(7-11)8-15(14-13)10(3)4;1-9(2)11-6-5-7-12(8-11)10(3)4/h5-9H,1-4H3,(H,16,17);5-10H,1-4H3;5-10H,1-4H3. The van der Waals surface area contributed by atoms with Crippen molar-refractivity contribution < 1.29 is 4.42 Å². The molecule has 0 aliphatic heterocycles. The number of aromatic amines is 1. The lowest BCUT2D eigenvalue weighted by Crippen LogP contribution is -1.99. The summed E-state index contributed by atoms with van der Waals surface area (Å²) in [5.74, 6) is 4.68. The van der Waals surface area contributed by atoms with Crippen molar-refractivity contribution in [2.45, 2.75) is 119 Å². The van der Waals surface area contributed by atoms with Crippen molar-refractivity contribution in [2.24, 2.45) is 0 Å². The Hall–Kier alpha value is -4.26. The van der Waals surface area contributed by atoms with Crippen LogP contribution < -0.4 is 0 Å². The van der Waals surface area contributed by atoms with Crippen LogP contribution in [0, 0.1) is 0 Å². The quantitative estimate of drug-likeness (QED) is 0.189. The average molecular weight is 635 g/mol. The molecule has 0 fully saturated rings. The summed E-state index contributed by atoms with van der Waals surface area (Å²) in [6.45, 7) is 26.0. The summed E-state index contributed by atoms with van der Waals surface area (Å²) in [6.07, 6.45) is 2.13. The normalized spacial score (nSPS) is 11.7. The van der Waals surface area contributed by atoms with E-state index in [2.05, 4.69) is 143 Å². The highest BCUT2D eigenvalue weighted by Gasteiger charge is 2.13. The molecule has 0 spiro atoms. The van der Waals surface area contributed by atoms with Gasteiger partial charge in [-0.05, 0) is 78.6 Å². The van der Waals surface area contributed by atoms with Crippen molar-refractivity contribution in [3.05, 3.63) is 95.3 Å². The highest BCUT2D eigenvalue weighted by Crippen LogP contribution is 2.26. The van der Waals surface area contributed by atoms with Crippen molar-refractivity contribution in [3.63, 3.8) is 0 Å². The Morgan fingerprint density at radius 2 is 1.23 bits per heavy atom. The predicted molar refractivity (Wildman–Crippen MR) is 196 cm³/mol. The number of fused-ring (bicyclic) bond motifs is 2. The fourth-order valence-electron chi connectivity index (χ4n) is 4.98. The molecule has 0 radical (unpaired) electrons. The first kappa shape index (κ1) is 35.6. The molecule has 3 aromatic carbocycles. The van der Waals surface area contributed by atoms with Gasteiger partial charge >= 0.3 is 0 Å². The summed E-state index contributed by atoms with van der Waals surface area (Å²) >= 11 is 0. The van der Waals surface area contributed by atoms with Gasteiger partial charge in [0.25, 0.3) is 0 Å². The van der Waals surface area contributed by atoms with Crippen LogP contribution >= 0.6 is 0 Å². The van der Waals surface area contributed by atoms with Gasteiger partial charge in [-0.25, -0.2) is 4.98 Å². The van der Waals surface area contributed by atoms with E-state index in [4.69, 9.17) is 4.42 Å². The van der Waals surface area contributed by atoms with Crippen LogP contribution in [0.2, 0.25) is 0 Å². The molecule has 47 heavy (non-hydrogen) atoms. The lowest BCUT2D eigenvalue weighted by Gasteiger charge is -2.09. The molecule has 0 amide bonds. The Bertz CT molecular complexity index is 1840. The number of aromatic nitrogens is 6. The fourth-order valence-corrected chi connectivity index (χ4v) is 4.98. The van der Waals surface area contributed by atoms with Gasteiger partial charge in [-0.15, -0.1) is 10.2 Å². The Balaban J connectivity index is 0.000000166. The van der Waals surface area contributed by atoms with Crippen LogP contribution in [0.5, 0.6) is 0 Å². The highest BCUT2D eigenvalue weighted by atomic mass is 16.4. The van der Waals surface area contributed by atoms with Gasteiger partial charge in [-0.3, -0.25) is 4.68 Å². The summed E-state index contributed by atoms with van der Waals surface area (Å²) in [6, 6.07) is 21.8. The zero-order chi connectivity index (χ0) is 34.4. The Labute approximate surface area is 281 Å². The number of hydrogen-bond acceptors (Lipinski definition) is 5. The van der Waals surface area contributed by atoms with E-state index in [0.29, 0.717) is 41.5 Å². The van der Waals surface area contributed by atoms with Crippen LogP contribution in [0.15, 0.2) is 71.3 Å². The van der Waals surface area contributed by atoms with Crippen molar-refractivity contribution in [2.75, 3.05) is 0 Å². The lowest BCUT2D eigenvalue weighted by molar-refractivity contribution is 0.481. The van der Waals surface area contributed by atoms with Gasteiger partial charge in [0.15, 0.2) is 0 Å². The topological polar surface area (TPSA) is 85.4 Å². The summed E-state index contributed by atoms with van der Waals surface area (Å²) in [5, 5.41) is 13.9. The van der Waals surface area contributed by atoms with E-state index < -0.39 is 0 Å². The van der Waals surface area contributed by atoms with Crippen molar-refractivity contribution in [1.29, 1.82) is 0 Å². The van der Waals surface area contributed by atoms with Crippen molar-refractivity contribution in [3.8, 4) is 11.5 Å². The number of imidazole rings is 1. The summed E-state index contributed by atoms with van der Waals surface area (Å²) in [4.78, 5) is 7.89. The maximum atomic E-state index is 5.68. The molecule has 1 N–H and O–H groups in total. The second-order valence-corrected chi connectivity index (χ2v) is 14.3. The van der Waals surface area contributed by atoms with E-state index in [1.807, 2.05) is 36.7 Å². The van der Waals surface area contributed by atoms with E-state index in [1.54, 1.807) is 0 Å². The van der Waals surface area contributed by atoms with E-state index in [9.17, 15) is 0 Å². The molecule has 0 aliphatic carbocycles. The largest absolute Gasteiger partial charge is 0.420 e. The van der Waals surface area contributed by atoms with Crippen LogP contribution in [0.4, 0.5) is 0 Å². The lowest BCUT2D eigenvalue weighted by atomic mass is 9.96. The molecule has 0 saturated carbocycles. The number of H-pyrrole nitrogens is 1. The molecule has 3 aromatic heterocycles. The van der Waals surface area contributed by atoms with Gasteiger partial charge in [0.1, 0.15) is 5.82 Å². The Kier molecular flexibility index (Phi) is 11.8. The number of nitrogens with zero attached hydrogens (tertiary/aromatic N) is 5. The van der Waals surface area contributed by atoms with E-state index in [0.717, 1.165) is 27.9 Å². The first-order chi connectivity index (χ1) is 22.2. The van der Waals surface area contributed by atoms with Crippen molar-refractivity contribution >= 4 is 21.9 Å². The number of hydrogen-bond donors (Lipinski definition) is 1. The molecule has 250 valence electrons. The molecule has 0 unspecified atom stereocenters. The molecule has 6 rings (SSSR count). The van der Waals surface area contributed by atoms with Gasteiger partial charge in [0.05, 0.1) is 16.6 Å². The van der Waals surface area contributed by atoms with Crippen LogP contribution in [-0.2, 0) is 0 Å². The zero-order valence-corrected chi connectivity index (χ0v) is 30.5.